The number of amides is 1. The minimum Gasteiger partial charge on any atom is -0.466 e. The van der Waals surface area contributed by atoms with Crippen molar-refractivity contribution in [1.82, 2.24) is 10.2 Å². The number of hydrogen-bond donors (Lipinski definition) is 1. The smallest absolute Gasteiger partial charge is 0.262 e. The van der Waals surface area contributed by atoms with E-state index in [0.717, 1.165) is 50.0 Å². The number of carbonyl (C=O) groups is 1. The second kappa shape index (κ2) is 9.41. The zero-order valence-corrected chi connectivity index (χ0v) is 19.8. The van der Waals surface area contributed by atoms with Gasteiger partial charge < -0.3 is 10.1 Å². The van der Waals surface area contributed by atoms with Crippen LogP contribution in [-0.4, -0.2) is 22.7 Å². The van der Waals surface area contributed by atoms with Crippen molar-refractivity contribution >= 4 is 22.4 Å². The van der Waals surface area contributed by atoms with Crippen LogP contribution < -0.4 is 10.1 Å². The lowest BCUT2D eigenvalue weighted by molar-refractivity contribution is -0.118. The third-order valence-electron chi connectivity index (χ3n) is 5.83. The van der Waals surface area contributed by atoms with Crippen molar-refractivity contribution in [2.24, 2.45) is 0 Å². The summed E-state index contributed by atoms with van der Waals surface area (Å²) in [7, 11) is 0. The molecule has 1 heterocycles. The van der Waals surface area contributed by atoms with Crippen LogP contribution in [-0.2, 0) is 4.79 Å². The molecule has 1 aromatic heterocycles. The van der Waals surface area contributed by atoms with Crippen LogP contribution >= 0.6 is 0 Å². The standard InChI is InChI=1S/C28H29N3O2/c1-17(2)21-12-8-9-20(5)26(21)29-25(32)16-33-28-23-11-7-6-10-22(23)27(30-31-28)24-15-18(3)13-14-19(24)4/h6-15,17H,16H2,1-5H3,(H,29,32). The van der Waals surface area contributed by atoms with Gasteiger partial charge in [-0.25, -0.2) is 0 Å². The molecule has 4 aromatic rings. The topological polar surface area (TPSA) is 64.1 Å². The molecule has 168 valence electrons. The monoisotopic (exact) mass is 439 g/mol. The molecule has 33 heavy (non-hydrogen) atoms. The fourth-order valence-electron chi connectivity index (χ4n) is 4.03. The molecule has 0 saturated carbocycles. The lowest BCUT2D eigenvalue weighted by Crippen LogP contribution is -2.22. The minimum atomic E-state index is -0.226. The number of carbonyl (C=O) groups excluding carboxylic acids is 1. The Bertz CT molecular complexity index is 1330. The summed E-state index contributed by atoms with van der Waals surface area (Å²) in [6, 6.07) is 20.2. The van der Waals surface area contributed by atoms with E-state index >= 15 is 0 Å². The summed E-state index contributed by atoms with van der Waals surface area (Å²) in [6.45, 7) is 10.2. The number of anilines is 1. The number of ether oxygens (including phenoxy) is 1. The molecule has 5 nitrogen and oxygen atoms in total. The number of nitrogens with zero attached hydrogens (tertiary/aromatic N) is 2. The fourth-order valence-corrected chi connectivity index (χ4v) is 4.03. The third kappa shape index (κ3) is 4.72. The van der Waals surface area contributed by atoms with Gasteiger partial charge in [0.05, 0.1) is 0 Å². The van der Waals surface area contributed by atoms with Crippen LogP contribution in [0.15, 0.2) is 60.7 Å². The van der Waals surface area contributed by atoms with E-state index in [1.54, 1.807) is 0 Å². The number of aryl methyl sites for hydroxylation is 3. The van der Waals surface area contributed by atoms with E-state index in [0.29, 0.717) is 11.8 Å². The molecule has 4 rings (SSSR count). The van der Waals surface area contributed by atoms with E-state index in [2.05, 4.69) is 61.4 Å². The van der Waals surface area contributed by atoms with Gasteiger partial charge in [-0.15, -0.1) is 10.2 Å². The molecule has 0 unspecified atom stereocenters. The quantitative estimate of drug-likeness (QED) is 0.379. The average molecular weight is 440 g/mol. The second-order valence-electron chi connectivity index (χ2n) is 8.75. The maximum Gasteiger partial charge on any atom is 0.262 e. The Morgan fingerprint density at radius 2 is 1.67 bits per heavy atom. The largest absolute Gasteiger partial charge is 0.466 e. The highest BCUT2D eigenvalue weighted by atomic mass is 16.5. The zero-order chi connectivity index (χ0) is 23.5. The molecule has 5 heteroatoms. The van der Waals surface area contributed by atoms with Gasteiger partial charge in [0.25, 0.3) is 5.91 Å². The van der Waals surface area contributed by atoms with E-state index in [-0.39, 0.29) is 12.5 Å². The molecule has 0 spiro atoms. The molecule has 0 saturated heterocycles. The SMILES string of the molecule is Cc1ccc(C)c(-c2nnc(OCC(=O)Nc3c(C)cccc3C(C)C)c3ccccc23)c1. The molecular weight excluding hydrogens is 410 g/mol. The maximum absolute atomic E-state index is 12.7. The van der Waals surface area contributed by atoms with Crippen LogP contribution in [0.5, 0.6) is 5.88 Å². The van der Waals surface area contributed by atoms with Crippen LogP contribution in [0, 0.1) is 20.8 Å². The second-order valence-corrected chi connectivity index (χ2v) is 8.75. The predicted octanol–water partition coefficient (Wildman–Crippen LogP) is 6.36. The van der Waals surface area contributed by atoms with Crippen LogP contribution in [0.4, 0.5) is 5.69 Å². The van der Waals surface area contributed by atoms with Gasteiger partial charge in [-0.05, 0) is 55.5 Å². The van der Waals surface area contributed by atoms with E-state index in [9.17, 15) is 4.79 Å². The van der Waals surface area contributed by atoms with E-state index < -0.39 is 0 Å². The first-order valence-corrected chi connectivity index (χ1v) is 11.2. The summed E-state index contributed by atoms with van der Waals surface area (Å²) >= 11 is 0. The molecule has 1 N–H and O–H groups in total. The van der Waals surface area contributed by atoms with Crippen LogP contribution in [0.2, 0.25) is 0 Å². The van der Waals surface area contributed by atoms with E-state index in [4.69, 9.17) is 4.74 Å². The van der Waals surface area contributed by atoms with Gasteiger partial charge in [0, 0.05) is 22.0 Å². The van der Waals surface area contributed by atoms with E-state index in [1.807, 2.05) is 49.4 Å². The number of rotatable bonds is 6. The Labute approximate surface area is 194 Å². The molecule has 0 bridgehead atoms. The zero-order valence-electron chi connectivity index (χ0n) is 19.8. The van der Waals surface area contributed by atoms with Gasteiger partial charge in [0.2, 0.25) is 5.88 Å². The summed E-state index contributed by atoms with van der Waals surface area (Å²) in [5.41, 5.74) is 7.13. The summed E-state index contributed by atoms with van der Waals surface area (Å²) in [6.07, 6.45) is 0. The maximum atomic E-state index is 12.7. The number of hydrogen-bond acceptors (Lipinski definition) is 4. The molecule has 1 amide bonds. The van der Waals surface area contributed by atoms with Crippen molar-refractivity contribution in [3.63, 3.8) is 0 Å². The summed E-state index contributed by atoms with van der Waals surface area (Å²) in [5, 5.41) is 13.6. The van der Waals surface area contributed by atoms with Crippen molar-refractivity contribution < 1.29 is 9.53 Å². The fraction of sp³-hybridized carbons (Fsp3) is 0.250. The molecular formula is C28H29N3O2. The Balaban J connectivity index is 1.60. The van der Waals surface area contributed by atoms with Gasteiger partial charge in [-0.1, -0.05) is 67.9 Å². The average Bonchev–Trinajstić information content (AvgIpc) is 2.80. The first-order chi connectivity index (χ1) is 15.8. The van der Waals surface area contributed by atoms with Gasteiger partial charge in [0.15, 0.2) is 6.61 Å². The number of aromatic nitrogens is 2. The lowest BCUT2D eigenvalue weighted by Gasteiger charge is -2.17. The molecule has 3 aromatic carbocycles. The lowest BCUT2D eigenvalue weighted by atomic mass is 9.98. The molecule has 0 fully saturated rings. The molecule has 0 atom stereocenters. The number of benzene rings is 3. The molecule has 0 aliphatic carbocycles. The van der Waals surface area contributed by atoms with Crippen molar-refractivity contribution in [3.05, 3.63) is 82.9 Å². The van der Waals surface area contributed by atoms with Crippen LogP contribution in [0.3, 0.4) is 0 Å². The summed E-state index contributed by atoms with van der Waals surface area (Å²) in [5.74, 6) is 0.424. The Morgan fingerprint density at radius 1 is 0.909 bits per heavy atom. The van der Waals surface area contributed by atoms with E-state index in [1.165, 1.54) is 0 Å². The highest BCUT2D eigenvalue weighted by Crippen LogP contribution is 2.33. The molecule has 0 aliphatic heterocycles. The Morgan fingerprint density at radius 3 is 2.42 bits per heavy atom. The number of nitrogens with one attached hydrogen (secondary N) is 1. The molecule has 0 aliphatic rings. The summed E-state index contributed by atoms with van der Waals surface area (Å²) < 4.78 is 5.85. The normalized spacial score (nSPS) is 11.1. The summed E-state index contributed by atoms with van der Waals surface area (Å²) in [4.78, 5) is 12.7. The third-order valence-corrected chi connectivity index (χ3v) is 5.83. The van der Waals surface area contributed by atoms with Gasteiger partial charge >= 0.3 is 0 Å². The number of fused-ring (bicyclic) bond motifs is 1. The van der Waals surface area contributed by atoms with Crippen LogP contribution in [0.25, 0.3) is 22.0 Å². The van der Waals surface area contributed by atoms with Gasteiger partial charge in [0.1, 0.15) is 5.69 Å². The van der Waals surface area contributed by atoms with Crippen molar-refractivity contribution in [1.29, 1.82) is 0 Å². The van der Waals surface area contributed by atoms with Crippen molar-refractivity contribution in [3.8, 4) is 17.1 Å². The minimum absolute atomic E-state index is 0.145. The van der Waals surface area contributed by atoms with Crippen molar-refractivity contribution in [2.45, 2.75) is 40.5 Å². The highest BCUT2D eigenvalue weighted by molar-refractivity contribution is 5.98. The predicted molar refractivity (Wildman–Crippen MR) is 134 cm³/mol. The highest BCUT2D eigenvalue weighted by Gasteiger charge is 2.16. The van der Waals surface area contributed by atoms with Crippen molar-refractivity contribution in [2.75, 3.05) is 11.9 Å². The number of para-hydroxylation sites is 1. The first-order valence-electron chi connectivity index (χ1n) is 11.2. The Hall–Kier alpha value is -3.73. The van der Waals surface area contributed by atoms with Gasteiger partial charge in [-0.3, -0.25) is 4.79 Å². The Kier molecular flexibility index (Phi) is 6.40. The van der Waals surface area contributed by atoms with Gasteiger partial charge in [-0.2, -0.15) is 0 Å². The molecule has 0 radical (unpaired) electrons. The van der Waals surface area contributed by atoms with Crippen LogP contribution in [0.1, 0.15) is 42.0 Å². The first kappa shape index (κ1) is 22.5.